The maximum Gasteiger partial charge on any atom is 0.244 e. The number of nitrogens with zero attached hydrogens (tertiary/aromatic N) is 2. The minimum Gasteiger partial charge on any atom is -0.355 e. The molecule has 2 amide bonds. The lowest BCUT2D eigenvalue weighted by atomic mass is 10.1. The normalized spacial score (nSPS) is 12.2. The summed E-state index contributed by atoms with van der Waals surface area (Å²) in [5, 5.41) is 4.35. The number of anilines is 1. The highest BCUT2D eigenvalue weighted by atomic mass is 32.2. The monoisotopic (exact) mass is 481 g/mol. The molecule has 0 aliphatic rings. The highest BCUT2D eigenvalue weighted by Crippen LogP contribution is 2.28. The number of hydrogen-bond acceptors (Lipinski definition) is 4. The van der Waals surface area contributed by atoms with Gasteiger partial charge in [0.25, 0.3) is 0 Å². The van der Waals surface area contributed by atoms with Crippen LogP contribution in [0.15, 0.2) is 66.7 Å². The Morgan fingerprint density at radius 1 is 0.971 bits per heavy atom. The Bertz CT molecular complexity index is 1280. The van der Waals surface area contributed by atoms with Gasteiger partial charge in [-0.3, -0.25) is 13.9 Å². The molecule has 3 rings (SSSR count). The van der Waals surface area contributed by atoms with Crippen LogP contribution in [0.25, 0.3) is 10.8 Å². The number of likely N-dealkylation sites (N-methyl/N-ethyl adjacent to an activating group) is 1. The molecule has 0 saturated carbocycles. The van der Waals surface area contributed by atoms with Gasteiger partial charge in [0, 0.05) is 18.5 Å². The van der Waals surface area contributed by atoms with Crippen LogP contribution >= 0.6 is 0 Å². The number of hydrogen-bond donors (Lipinski definition) is 1. The van der Waals surface area contributed by atoms with E-state index in [1.165, 1.54) is 4.90 Å². The Morgan fingerprint density at radius 2 is 1.62 bits per heavy atom. The molecule has 0 heterocycles. The summed E-state index contributed by atoms with van der Waals surface area (Å²) in [6.45, 7) is 5.61. The van der Waals surface area contributed by atoms with E-state index in [2.05, 4.69) is 5.32 Å². The number of carbonyl (C=O) groups is 2. The minimum atomic E-state index is -3.79. The molecule has 34 heavy (non-hydrogen) atoms. The number of amides is 2. The standard InChI is InChI=1S/C26H31N3O4S/c1-5-27-26(31)20(3)28(17-22-13-7-6-11-19(22)2)25(30)18-29(34(4,32)33)24-16-10-14-21-12-8-9-15-23(21)24/h6-16,20H,5,17-18H2,1-4H3,(H,27,31)/t20-/m1/s1. The molecule has 8 heteroatoms. The van der Waals surface area contributed by atoms with Crippen LogP contribution in [0.1, 0.15) is 25.0 Å². The molecule has 0 radical (unpaired) electrons. The predicted octanol–water partition coefficient (Wildman–Crippen LogP) is 3.47. The second-order valence-electron chi connectivity index (χ2n) is 8.29. The fraction of sp³-hybridized carbons (Fsp3) is 0.308. The van der Waals surface area contributed by atoms with Crippen molar-refractivity contribution >= 4 is 38.3 Å². The zero-order valence-corrected chi connectivity index (χ0v) is 20.8. The van der Waals surface area contributed by atoms with Crippen molar-refractivity contribution in [3.8, 4) is 0 Å². The Hall–Kier alpha value is -3.39. The van der Waals surface area contributed by atoms with E-state index >= 15 is 0 Å². The molecule has 0 spiro atoms. The molecule has 0 aromatic heterocycles. The van der Waals surface area contributed by atoms with E-state index in [-0.39, 0.29) is 12.5 Å². The average molecular weight is 482 g/mol. The second-order valence-corrected chi connectivity index (χ2v) is 10.2. The summed E-state index contributed by atoms with van der Waals surface area (Å²) < 4.78 is 26.8. The van der Waals surface area contributed by atoms with E-state index < -0.39 is 28.5 Å². The first kappa shape index (κ1) is 25.2. The Kier molecular flexibility index (Phi) is 7.94. The SMILES string of the molecule is CCNC(=O)[C@@H](C)N(Cc1ccccc1C)C(=O)CN(c1cccc2ccccc12)S(C)(=O)=O. The van der Waals surface area contributed by atoms with Crippen molar-refractivity contribution in [2.24, 2.45) is 0 Å². The summed E-state index contributed by atoms with van der Waals surface area (Å²) in [4.78, 5) is 27.7. The molecule has 0 saturated heterocycles. The first-order valence-corrected chi connectivity index (χ1v) is 13.1. The highest BCUT2D eigenvalue weighted by Gasteiger charge is 2.30. The number of benzene rings is 3. The summed E-state index contributed by atoms with van der Waals surface area (Å²) in [6.07, 6.45) is 1.08. The molecule has 0 bridgehead atoms. The minimum absolute atomic E-state index is 0.191. The zero-order chi connectivity index (χ0) is 24.9. The molecule has 0 aliphatic carbocycles. The van der Waals surface area contributed by atoms with Crippen molar-refractivity contribution in [3.05, 3.63) is 77.9 Å². The molecule has 0 fully saturated rings. The number of aryl methyl sites for hydroxylation is 1. The van der Waals surface area contributed by atoms with Gasteiger partial charge in [-0.25, -0.2) is 8.42 Å². The summed E-state index contributed by atoms with van der Waals surface area (Å²) in [5.41, 5.74) is 2.30. The number of fused-ring (bicyclic) bond motifs is 1. The van der Waals surface area contributed by atoms with Gasteiger partial charge in [-0.15, -0.1) is 0 Å². The molecule has 0 aliphatic heterocycles. The van der Waals surface area contributed by atoms with Crippen LogP contribution in [0, 0.1) is 6.92 Å². The highest BCUT2D eigenvalue weighted by molar-refractivity contribution is 7.92. The van der Waals surface area contributed by atoms with Gasteiger partial charge in [0.05, 0.1) is 11.9 Å². The van der Waals surface area contributed by atoms with Crippen molar-refractivity contribution in [1.29, 1.82) is 0 Å². The maximum atomic E-state index is 13.6. The molecule has 3 aromatic rings. The molecule has 180 valence electrons. The first-order valence-electron chi connectivity index (χ1n) is 11.2. The molecule has 1 N–H and O–H groups in total. The van der Waals surface area contributed by atoms with Crippen LogP contribution in [0.4, 0.5) is 5.69 Å². The van der Waals surface area contributed by atoms with E-state index in [9.17, 15) is 18.0 Å². The zero-order valence-electron chi connectivity index (χ0n) is 20.0. The van der Waals surface area contributed by atoms with Gasteiger partial charge < -0.3 is 10.2 Å². The van der Waals surface area contributed by atoms with E-state index in [0.29, 0.717) is 12.2 Å². The van der Waals surface area contributed by atoms with Gasteiger partial charge >= 0.3 is 0 Å². The van der Waals surface area contributed by atoms with E-state index in [1.54, 1.807) is 19.1 Å². The van der Waals surface area contributed by atoms with E-state index in [1.807, 2.05) is 68.4 Å². The van der Waals surface area contributed by atoms with Crippen LogP contribution in [0.5, 0.6) is 0 Å². The van der Waals surface area contributed by atoms with Gasteiger partial charge in [0.15, 0.2) is 0 Å². The first-order chi connectivity index (χ1) is 16.1. The van der Waals surface area contributed by atoms with Gasteiger partial charge in [-0.05, 0) is 43.4 Å². The largest absolute Gasteiger partial charge is 0.355 e. The van der Waals surface area contributed by atoms with Crippen molar-refractivity contribution in [2.75, 3.05) is 23.7 Å². The lowest BCUT2D eigenvalue weighted by molar-refractivity contribution is -0.139. The molecular formula is C26H31N3O4S. The van der Waals surface area contributed by atoms with Crippen molar-refractivity contribution in [3.63, 3.8) is 0 Å². The third kappa shape index (κ3) is 5.75. The van der Waals surface area contributed by atoms with Crippen LogP contribution in [0.2, 0.25) is 0 Å². The fourth-order valence-corrected chi connectivity index (χ4v) is 4.76. The van der Waals surface area contributed by atoms with Crippen molar-refractivity contribution in [1.82, 2.24) is 10.2 Å². The lowest BCUT2D eigenvalue weighted by Gasteiger charge is -2.32. The number of nitrogens with one attached hydrogen (secondary N) is 1. The molecule has 0 unspecified atom stereocenters. The Labute approximate surface area is 201 Å². The summed E-state index contributed by atoms with van der Waals surface area (Å²) in [6, 6.07) is 19.6. The van der Waals surface area contributed by atoms with Crippen LogP contribution in [-0.2, 0) is 26.2 Å². The molecule has 7 nitrogen and oxygen atoms in total. The second kappa shape index (κ2) is 10.7. The van der Waals surface area contributed by atoms with E-state index in [4.69, 9.17) is 0 Å². The van der Waals surface area contributed by atoms with Crippen LogP contribution in [0.3, 0.4) is 0 Å². The third-order valence-corrected chi connectivity index (χ3v) is 6.96. The molecule has 3 aromatic carbocycles. The Balaban J connectivity index is 2.01. The van der Waals surface area contributed by atoms with Gasteiger partial charge in [-0.2, -0.15) is 0 Å². The lowest BCUT2D eigenvalue weighted by Crippen LogP contribution is -2.51. The summed E-state index contributed by atoms with van der Waals surface area (Å²) >= 11 is 0. The van der Waals surface area contributed by atoms with E-state index in [0.717, 1.165) is 32.5 Å². The van der Waals surface area contributed by atoms with Gasteiger partial charge in [-0.1, -0.05) is 60.7 Å². The maximum absolute atomic E-state index is 13.6. The molecular weight excluding hydrogens is 450 g/mol. The van der Waals surface area contributed by atoms with Crippen LogP contribution < -0.4 is 9.62 Å². The van der Waals surface area contributed by atoms with Crippen molar-refractivity contribution in [2.45, 2.75) is 33.4 Å². The quantitative estimate of drug-likeness (QED) is 0.507. The van der Waals surface area contributed by atoms with Gasteiger partial charge in [0.1, 0.15) is 12.6 Å². The summed E-state index contributed by atoms with van der Waals surface area (Å²) in [5.74, 6) is -0.749. The van der Waals surface area contributed by atoms with Crippen LogP contribution in [-0.4, -0.2) is 50.5 Å². The van der Waals surface area contributed by atoms with Gasteiger partial charge in [0.2, 0.25) is 21.8 Å². The smallest absolute Gasteiger partial charge is 0.244 e. The molecule has 1 atom stereocenters. The average Bonchev–Trinajstić information content (AvgIpc) is 2.80. The fourth-order valence-electron chi connectivity index (χ4n) is 3.90. The van der Waals surface area contributed by atoms with Crippen molar-refractivity contribution < 1.29 is 18.0 Å². The predicted molar refractivity (Wildman–Crippen MR) is 136 cm³/mol. The summed E-state index contributed by atoms with van der Waals surface area (Å²) in [7, 11) is -3.79. The third-order valence-electron chi connectivity index (χ3n) is 5.83. The number of carbonyl (C=O) groups excluding carboxylic acids is 2. The number of sulfonamides is 1. The topological polar surface area (TPSA) is 86.8 Å². The Morgan fingerprint density at radius 3 is 2.29 bits per heavy atom. The number of rotatable bonds is 9.